The molecule has 0 aromatic heterocycles. The van der Waals surface area contributed by atoms with Crippen LogP contribution in [0.15, 0.2) is 30.3 Å². The summed E-state index contributed by atoms with van der Waals surface area (Å²) in [6.45, 7) is 4.39. The van der Waals surface area contributed by atoms with E-state index < -0.39 is 6.04 Å². The molecule has 2 N–H and O–H groups in total. The number of carbonyl (C=O) groups is 1. The Labute approximate surface area is 90.2 Å². The van der Waals surface area contributed by atoms with Crippen LogP contribution in [0, 0.1) is 5.92 Å². The van der Waals surface area contributed by atoms with E-state index in [9.17, 15) is 4.79 Å². The van der Waals surface area contributed by atoms with Crippen molar-refractivity contribution in [1.82, 2.24) is 0 Å². The first-order valence-electron chi connectivity index (χ1n) is 5.08. The molecule has 0 saturated heterocycles. The van der Waals surface area contributed by atoms with Crippen LogP contribution in [-0.2, 0) is 9.53 Å². The molecule has 0 fully saturated rings. The zero-order valence-corrected chi connectivity index (χ0v) is 9.14. The molecule has 1 aromatic carbocycles. The van der Waals surface area contributed by atoms with Gasteiger partial charge in [0.25, 0.3) is 0 Å². The Balaban J connectivity index is 2.54. The topological polar surface area (TPSA) is 52.3 Å². The maximum absolute atomic E-state index is 11.5. The number of benzene rings is 1. The van der Waals surface area contributed by atoms with Crippen molar-refractivity contribution >= 4 is 5.97 Å². The monoisotopic (exact) mass is 207 g/mol. The van der Waals surface area contributed by atoms with E-state index in [2.05, 4.69) is 0 Å². The fourth-order valence-electron chi connectivity index (χ4n) is 1.14. The Bertz CT molecular complexity index is 309. The second kappa shape index (κ2) is 5.51. The van der Waals surface area contributed by atoms with E-state index in [-0.39, 0.29) is 5.97 Å². The Kier molecular flexibility index (Phi) is 4.31. The van der Waals surface area contributed by atoms with Crippen LogP contribution >= 0.6 is 0 Å². The molecule has 3 nitrogen and oxygen atoms in total. The smallest absolute Gasteiger partial charge is 0.327 e. The second-order valence-corrected chi connectivity index (χ2v) is 3.91. The summed E-state index contributed by atoms with van der Waals surface area (Å²) in [5.41, 5.74) is 6.53. The van der Waals surface area contributed by atoms with Crippen molar-refractivity contribution in [2.45, 2.75) is 19.9 Å². The zero-order chi connectivity index (χ0) is 11.3. The van der Waals surface area contributed by atoms with Crippen LogP contribution in [0.5, 0.6) is 0 Å². The molecule has 0 radical (unpaired) electrons. The summed E-state index contributed by atoms with van der Waals surface area (Å²) >= 11 is 0. The fraction of sp³-hybridized carbons (Fsp3) is 0.417. The molecule has 0 aliphatic carbocycles. The highest BCUT2D eigenvalue weighted by atomic mass is 16.5. The Morgan fingerprint density at radius 3 is 2.47 bits per heavy atom. The van der Waals surface area contributed by atoms with Crippen LogP contribution in [0.2, 0.25) is 0 Å². The Morgan fingerprint density at radius 2 is 1.93 bits per heavy atom. The zero-order valence-electron chi connectivity index (χ0n) is 9.14. The van der Waals surface area contributed by atoms with Gasteiger partial charge in [0.1, 0.15) is 6.04 Å². The van der Waals surface area contributed by atoms with E-state index in [1.807, 2.05) is 44.2 Å². The van der Waals surface area contributed by atoms with Crippen LogP contribution in [-0.4, -0.2) is 12.6 Å². The molecule has 0 saturated carbocycles. The lowest BCUT2D eigenvalue weighted by Gasteiger charge is -2.12. The van der Waals surface area contributed by atoms with Gasteiger partial charge in [-0.05, 0) is 11.5 Å². The number of nitrogens with two attached hydrogens (primary N) is 1. The van der Waals surface area contributed by atoms with E-state index in [1.54, 1.807) is 0 Å². The summed E-state index contributed by atoms with van der Waals surface area (Å²) in [6.07, 6.45) is 0. The third-order valence-corrected chi connectivity index (χ3v) is 1.97. The van der Waals surface area contributed by atoms with E-state index >= 15 is 0 Å². The van der Waals surface area contributed by atoms with E-state index in [0.717, 1.165) is 5.56 Å². The summed E-state index contributed by atoms with van der Waals surface area (Å²) in [5, 5.41) is 0. The average molecular weight is 207 g/mol. The van der Waals surface area contributed by atoms with Gasteiger partial charge in [0.15, 0.2) is 0 Å². The van der Waals surface area contributed by atoms with Crippen LogP contribution in [0.4, 0.5) is 0 Å². The van der Waals surface area contributed by atoms with Gasteiger partial charge in [-0.1, -0.05) is 44.2 Å². The molecule has 0 amide bonds. The van der Waals surface area contributed by atoms with E-state index in [0.29, 0.717) is 12.5 Å². The Morgan fingerprint density at radius 1 is 1.33 bits per heavy atom. The molecule has 0 aliphatic rings. The lowest BCUT2D eigenvalue weighted by Crippen LogP contribution is -2.24. The summed E-state index contributed by atoms with van der Waals surface area (Å²) < 4.78 is 5.06. The Hall–Kier alpha value is -1.35. The third kappa shape index (κ3) is 3.72. The summed E-state index contributed by atoms with van der Waals surface area (Å²) in [7, 11) is 0. The van der Waals surface area contributed by atoms with Crippen molar-refractivity contribution in [3.8, 4) is 0 Å². The molecule has 0 aliphatic heterocycles. The van der Waals surface area contributed by atoms with Crippen molar-refractivity contribution in [1.29, 1.82) is 0 Å². The van der Waals surface area contributed by atoms with Gasteiger partial charge in [0.2, 0.25) is 0 Å². The minimum absolute atomic E-state index is 0.330. The molecule has 3 heteroatoms. The van der Waals surface area contributed by atoms with Crippen molar-refractivity contribution < 1.29 is 9.53 Å². The van der Waals surface area contributed by atoms with E-state index in [1.165, 1.54) is 0 Å². The molecule has 1 atom stereocenters. The van der Waals surface area contributed by atoms with Gasteiger partial charge in [0, 0.05) is 0 Å². The van der Waals surface area contributed by atoms with Gasteiger partial charge in [-0.3, -0.25) is 0 Å². The first-order chi connectivity index (χ1) is 7.11. The number of carbonyl (C=O) groups excluding carboxylic acids is 1. The maximum Gasteiger partial charge on any atom is 0.327 e. The van der Waals surface area contributed by atoms with Crippen molar-refractivity contribution in [3.63, 3.8) is 0 Å². The minimum atomic E-state index is -0.676. The van der Waals surface area contributed by atoms with Gasteiger partial charge in [-0.25, -0.2) is 4.79 Å². The first kappa shape index (κ1) is 11.7. The molecule has 15 heavy (non-hydrogen) atoms. The van der Waals surface area contributed by atoms with Crippen molar-refractivity contribution in [3.05, 3.63) is 35.9 Å². The average Bonchev–Trinajstić information content (AvgIpc) is 2.26. The number of esters is 1. The number of rotatable bonds is 4. The van der Waals surface area contributed by atoms with Gasteiger partial charge >= 0.3 is 5.97 Å². The molecular formula is C12H17NO2. The summed E-state index contributed by atoms with van der Waals surface area (Å²) in [4.78, 5) is 11.5. The summed E-state index contributed by atoms with van der Waals surface area (Å²) in [6, 6.07) is 8.55. The van der Waals surface area contributed by atoms with Gasteiger partial charge in [-0.2, -0.15) is 0 Å². The van der Waals surface area contributed by atoms with Gasteiger partial charge in [-0.15, -0.1) is 0 Å². The highest BCUT2D eigenvalue weighted by Crippen LogP contribution is 2.11. The minimum Gasteiger partial charge on any atom is -0.464 e. The normalized spacial score (nSPS) is 12.5. The van der Waals surface area contributed by atoms with Crippen molar-refractivity contribution in [2.24, 2.45) is 11.7 Å². The predicted octanol–water partition coefficient (Wildman–Crippen LogP) is 1.89. The molecule has 1 rings (SSSR count). The molecule has 0 heterocycles. The molecule has 1 aromatic rings. The number of ether oxygens (including phenoxy) is 1. The maximum atomic E-state index is 11.5. The first-order valence-corrected chi connectivity index (χ1v) is 5.08. The summed E-state index contributed by atoms with van der Waals surface area (Å²) in [5.74, 6) is -0.0353. The van der Waals surface area contributed by atoms with Crippen LogP contribution in [0.3, 0.4) is 0 Å². The van der Waals surface area contributed by atoms with Gasteiger partial charge in [0.05, 0.1) is 6.61 Å². The predicted molar refractivity (Wildman–Crippen MR) is 59.2 cm³/mol. The standard InChI is InChI=1S/C12H17NO2/c1-9(2)8-15-12(14)11(13)10-6-4-3-5-7-10/h3-7,9,11H,8,13H2,1-2H3. The fourth-order valence-corrected chi connectivity index (χ4v) is 1.14. The highest BCUT2D eigenvalue weighted by Gasteiger charge is 2.16. The molecule has 1 unspecified atom stereocenters. The molecule has 0 bridgehead atoms. The molecule has 82 valence electrons. The van der Waals surface area contributed by atoms with Gasteiger partial charge < -0.3 is 10.5 Å². The second-order valence-electron chi connectivity index (χ2n) is 3.91. The number of hydrogen-bond acceptors (Lipinski definition) is 3. The van der Waals surface area contributed by atoms with Crippen LogP contribution in [0.1, 0.15) is 25.5 Å². The number of hydrogen-bond donors (Lipinski definition) is 1. The largest absolute Gasteiger partial charge is 0.464 e. The van der Waals surface area contributed by atoms with Crippen molar-refractivity contribution in [2.75, 3.05) is 6.61 Å². The quantitative estimate of drug-likeness (QED) is 0.767. The lowest BCUT2D eigenvalue weighted by atomic mass is 10.1. The molecular weight excluding hydrogens is 190 g/mol. The molecule has 0 spiro atoms. The highest BCUT2D eigenvalue weighted by molar-refractivity contribution is 5.77. The SMILES string of the molecule is CC(C)COC(=O)C(N)c1ccccc1. The van der Waals surface area contributed by atoms with Crippen LogP contribution < -0.4 is 5.73 Å². The third-order valence-electron chi connectivity index (χ3n) is 1.97. The van der Waals surface area contributed by atoms with E-state index in [4.69, 9.17) is 10.5 Å². The van der Waals surface area contributed by atoms with Crippen LogP contribution in [0.25, 0.3) is 0 Å². The lowest BCUT2D eigenvalue weighted by molar-refractivity contribution is -0.146.